The van der Waals surface area contributed by atoms with Crippen LogP contribution in [0, 0.1) is 13.8 Å². The van der Waals surface area contributed by atoms with Crippen LogP contribution in [0.25, 0.3) is 22.6 Å². The number of nitrogens with zero attached hydrogens (tertiary/aromatic N) is 1. The summed E-state index contributed by atoms with van der Waals surface area (Å²) >= 11 is 0. The van der Waals surface area contributed by atoms with E-state index in [1.165, 1.54) is 0 Å². The molecule has 1 N–H and O–H groups in total. The number of benzene rings is 3. The van der Waals surface area contributed by atoms with Crippen LogP contribution in [-0.4, -0.2) is 10.9 Å². The molecule has 0 saturated heterocycles. The van der Waals surface area contributed by atoms with Crippen molar-refractivity contribution in [1.82, 2.24) is 4.98 Å². The Morgan fingerprint density at radius 1 is 1.00 bits per heavy atom. The SMILES string of the molecule is Cc1ccc2oc(-c3ccc(C)c(NC(=O)Cc4ccccc4)c3)nc2c1. The van der Waals surface area contributed by atoms with E-state index in [1.54, 1.807) is 0 Å². The van der Waals surface area contributed by atoms with Crippen molar-refractivity contribution in [1.29, 1.82) is 0 Å². The highest BCUT2D eigenvalue weighted by Crippen LogP contribution is 2.28. The van der Waals surface area contributed by atoms with E-state index in [4.69, 9.17) is 4.42 Å². The second kappa shape index (κ2) is 7.08. The minimum Gasteiger partial charge on any atom is -0.436 e. The van der Waals surface area contributed by atoms with Gasteiger partial charge in [0.2, 0.25) is 11.8 Å². The number of aryl methyl sites for hydroxylation is 2. The third kappa shape index (κ3) is 3.75. The van der Waals surface area contributed by atoms with Crippen molar-refractivity contribution in [3.05, 3.63) is 83.4 Å². The second-order valence-corrected chi connectivity index (χ2v) is 6.73. The van der Waals surface area contributed by atoms with Crippen molar-refractivity contribution in [3.63, 3.8) is 0 Å². The fourth-order valence-corrected chi connectivity index (χ4v) is 3.03. The number of hydrogen-bond acceptors (Lipinski definition) is 3. The van der Waals surface area contributed by atoms with Gasteiger partial charge in [-0.05, 0) is 54.8 Å². The van der Waals surface area contributed by atoms with Gasteiger partial charge < -0.3 is 9.73 Å². The van der Waals surface area contributed by atoms with Gasteiger partial charge in [0.05, 0.1) is 6.42 Å². The molecular formula is C23H20N2O2. The summed E-state index contributed by atoms with van der Waals surface area (Å²) in [4.78, 5) is 17.0. The molecule has 0 spiro atoms. The maximum Gasteiger partial charge on any atom is 0.228 e. The lowest BCUT2D eigenvalue weighted by molar-refractivity contribution is -0.115. The summed E-state index contributed by atoms with van der Waals surface area (Å²) in [5.41, 5.74) is 6.31. The van der Waals surface area contributed by atoms with Crippen LogP contribution in [0.3, 0.4) is 0 Å². The molecule has 0 aliphatic rings. The van der Waals surface area contributed by atoms with E-state index in [1.807, 2.05) is 80.6 Å². The zero-order chi connectivity index (χ0) is 18.8. The van der Waals surface area contributed by atoms with E-state index in [0.29, 0.717) is 12.3 Å². The van der Waals surface area contributed by atoms with Crippen LogP contribution in [0.1, 0.15) is 16.7 Å². The summed E-state index contributed by atoms with van der Waals surface area (Å²) in [6.45, 7) is 4.00. The Morgan fingerprint density at radius 3 is 2.63 bits per heavy atom. The van der Waals surface area contributed by atoms with Crippen molar-refractivity contribution in [2.45, 2.75) is 20.3 Å². The number of rotatable bonds is 4. The lowest BCUT2D eigenvalue weighted by Crippen LogP contribution is -2.15. The Hall–Kier alpha value is -3.40. The molecule has 4 nitrogen and oxygen atoms in total. The Balaban J connectivity index is 1.59. The van der Waals surface area contributed by atoms with E-state index >= 15 is 0 Å². The standard InChI is InChI=1S/C23H20N2O2/c1-15-8-11-21-20(12-15)25-23(27-21)18-10-9-16(2)19(14-18)24-22(26)13-17-6-4-3-5-7-17/h3-12,14H,13H2,1-2H3,(H,24,26). The monoisotopic (exact) mass is 356 g/mol. The molecule has 3 aromatic carbocycles. The van der Waals surface area contributed by atoms with Gasteiger partial charge in [-0.25, -0.2) is 4.98 Å². The summed E-state index contributed by atoms with van der Waals surface area (Å²) in [6.07, 6.45) is 0.340. The van der Waals surface area contributed by atoms with E-state index in [9.17, 15) is 4.79 Å². The highest BCUT2D eigenvalue weighted by Gasteiger charge is 2.12. The minimum absolute atomic E-state index is 0.0466. The average molecular weight is 356 g/mol. The average Bonchev–Trinajstić information content (AvgIpc) is 3.07. The second-order valence-electron chi connectivity index (χ2n) is 6.73. The van der Waals surface area contributed by atoms with Crippen molar-refractivity contribution in [3.8, 4) is 11.5 Å². The molecule has 0 bridgehead atoms. The van der Waals surface area contributed by atoms with Crippen LogP contribution in [0.4, 0.5) is 5.69 Å². The van der Waals surface area contributed by atoms with Crippen molar-refractivity contribution in [2.24, 2.45) is 0 Å². The first kappa shape index (κ1) is 17.0. The highest BCUT2D eigenvalue weighted by molar-refractivity contribution is 5.93. The smallest absolute Gasteiger partial charge is 0.228 e. The number of carbonyl (C=O) groups excluding carboxylic acids is 1. The van der Waals surface area contributed by atoms with Gasteiger partial charge in [0.1, 0.15) is 5.52 Å². The van der Waals surface area contributed by atoms with Gasteiger partial charge in [0, 0.05) is 11.3 Å². The Bertz CT molecular complexity index is 1110. The lowest BCUT2D eigenvalue weighted by atomic mass is 10.1. The third-order valence-corrected chi connectivity index (χ3v) is 4.51. The number of nitrogens with one attached hydrogen (secondary N) is 1. The normalized spacial score (nSPS) is 10.9. The van der Waals surface area contributed by atoms with E-state index in [-0.39, 0.29) is 5.91 Å². The van der Waals surface area contributed by atoms with E-state index in [0.717, 1.165) is 39.0 Å². The zero-order valence-corrected chi connectivity index (χ0v) is 15.3. The number of oxazole rings is 1. The third-order valence-electron chi connectivity index (χ3n) is 4.51. The number of carbonyl (C=O) groups is 1. The quantitative estimate of drug-likeness (QED) is 0.540. The molecule has 0 saturated carbocycles. The molecule has 4 aromatic rings. The van der Waals surface area contributed by atoms with Crippen molar-refractivity contribution < 1.29 is 9.21 Å². The maximum absolute atomic E-state index is 12.4. The number of aromatic nitrogens is 1. The van der Waals surface area contributed by atoms with Gasteiger partial charge in [-0.1, -0.05) is 42.5 Å². The number of fused-ring (bicyclic) bond motifs is 1. The number of amides is 1. The summed E-state index contributed by atoms with van der Waals surface area (Å²) in [5.74, 6) is 0.504. The number of anilines is 1. The predicted molar refractivity (Wildman–Crippen MR) is 108 cm³/mol. The highest BCUT2D eigenvalue weighted by atomic mass is 16.3. The molecule has 1 heterocycles. The summed E-state index contributed by atoms with van der Waals surface area (Å²) in [6, 6.07) is 21.5. The Morgan fingerprint density at radius 2 is 1.81 bits per heavy atom. The maximum atomic E-state index is 12.4. The largest absolute Gasteiger partial charge is 0.436 e. The number of hydrogen-bond donors (Lipinski definition) is 1. The summed E-state index contributed by atoms with van der Waals surface area (Å²) in [5, 5.41) is 3.00. The van der Waals surface area contributed by atoms with Gasteiger partial charge in [-0.3, -0.25) is 4.79 Å². The van der Waals surface area contributed by atoms with Gasteiger partial charge >= 0.3 is 0 Å². The topological polar surface area (TPSA) is 55.1 Å². The molecule has 27 heavy (non-hydrogen) atoms. The van der Waals surface area contributed by atoms with Crippen LogP contribution in [-0.2, 0) is 11.2 Å². The van der Waals surface area contributed by atoms with Crippen LogP contribution >= 0.6 is 0 Å². The summed E-state index contributed by atoms with van der Waals surface area (Å²) in [7, 11) is 0. The van der Waals surface area contributed by atoms with Crippen molar-refractivity contribution >= 4 is 22.7 Å². The van der Waals surface area contributed by atoms with E-state index in [2.05, 4.69) is 10.3 Å². The van der Waals surface area contributed by atoms with Gasteiger partial charge in [-0.15, -0.1) is 0 Å². The molecule has 4 rings (SSSR count). The molecule has 4 heteroatoms. The molecule has 0 radical (unpaired) electrons. The molecule has 0 fully saturated rings. The molecule has 1 aromatic heterocycles. The first-order chi connectivity index (χ1) is 13.1. The predicted octanol–water partition coefficient (Wildman–Crippen LogP) is 5.29. The lowest BCUT2D eigenvalue weighted by Gasteiger charge is -2.10. The molecular weight excluding hydrogens is 336 g/mol. The first-order valence-corrected chi connectivity index (χ1v) is 8.90. The van der Waals surface area contributed by atoms with Crippen molar-refractivity contribution in [2.75, 3.05) is 5.32 Å². The molecule has 0 aliphatic carbocycles. The Kier molecular flexibility index (Phi) is 4.47. The van der Waals surface area contributed by atoms with Crippen LogP contribution in [0.5, 0.6) is 0 Å². The minimum atomic E-state index is -0.0466. The van der Waals surface area contributed by atoms with Crippen LogP contribution in [0.2, 0.25) is 0 Å². The van der Waals surface area contributed by atoms with Crippen LogP contribution < -0.4 is 5.32 Å². The van der Waals surface area contributed by atoms with Gasteiger partial charge in [0.15, 0.2) is 5.58 Å². The molecule has 1 amide bonds. The first-order valence-electron chi connectivity index (χ1n) is 8.90. The summed E-state index contributed by atoms with van der Waals surface area (Å²) < 4.78 is 5.88. The molecule has 0 aliphatic heterocycles. The molecule has 0 unspecified atom stereocenters. The van der Waals surface area contributed by atoms with Gasteiger partial charge in [0.25, 0.3) is 0 Å². The molecule has 0 atom stereocenters. The van der Waals surface area contributed by atoms with E-state index < -0.39 is 0 Å². The fraction of sp³-hybridized carbons (Fsp3) is 0.130. The zero-order valence-electron chi connectivity index (χ0n) is 15.3. The Labute approximate surface area is 157 Å². The fourth-order valence-electron chi connectivity index (χ4n) is 3.03. The van der Waals surface area contributed by atoms with Crippen LogP contribution in [0.15, 0.2) is 71.1 Å². The molecule has 134 valence electrons. The van der Waals surface area contributed by atoms with Gasteiger partial charge in [-0.2, -0.15) is 0 Å².